The minimum Gasteiger partial charge on any atom is -0.459 e. The van der Waals surface area contributed by atoms with Crippen molar-refractivity contribution < 1.29 is 54.1 Å². The van der Waals surface area contributed by atoms with Gasteiger partial charge in [-0.25, -0.2) is 0 Å². The van der Waals surface area contributed by atoms with E-state index in [-0.39, 0.29) is 47.3 Å². The Morgan fingerprint density at radius 3 is 2.19 bits per heavy atom. The zero-order valence-corrected chi connectivity index (χ0v) is 28.7. The van der Waals surface area contributed by atoms with Gasteiger partial charge in [0.05, 0.1) is 23.7 Å². The summed E-state index contributed by atoms with van der Waals surface area (Å²) in [5.74, 6) is -1.88. The van der Waals surface area contributed by atoms with Crippen molar-refractivity contribution in [1.29, 1.82) is 0 Å². The highest BCUT2D eigenvalue weighted by atomic mass is 16.7. The summed E-state index contributed by atoms with van der Waals surface area (Å²) < 4.78 is 17.8. The first-order valence-electron chi connectivity index (χ1n) is 17.0. The molecule has 6 rings (SSSR count). The van der Waals surface area contributed by atoms with Crippen LogP contribution >= 0.6 is 0 Å². The highest BCUT2D eigenvalue weighted by molar-refractivity contribution is 6.02. The summed E-state index contributed by atoms with van der Waals surface area (Å²) in [5.41, 5.74) is -2.96. The van der Waals surface area contributed by atoms with E-state index in [2.05, 4.69) is 19.9 Å². The van der Waals surface area contributed by atoms with Crippen LogP contribution in [0.25, 0.3) is 0 Å². The Labute approximate surface area is 276 Å². The molecule has 0 amide bonds. The van der Waals surface area contributed by atoms with Crippen LogP contribution in [0.5, 0.6) is 0 Å². The predicted octanol–water partition coefficient (Wildman–Crippen LogP) is 2.00. The number of aliphatic hydroxyl groups excluding tert-OH is 5. The van der Waals surface area contributed by atoms with Crippen molar-refractivity contribution in [1.82, 2.24) is 0 Å². The minimum absolute atomic E-state index is 0.0111. The molecule has 47 heavy (non-hydrogen) atoms. The average molecular weight is 661 g/mol. The average Bonchev–Trinajstić information content (AvgIpc) is 3.38. The number of rotatable bonds is 5. The van der Waals surface area contributed by atoms with Gasteiger partial charge in [-0.1, -0.05) is 39.3 Å². The number of carbonyl (C=O) groups is 3. The Morgan fingerprint density at radius 2 is 1.60 bits per heavy atom. The zero-order valence-electron chi connectivity index (χ0n) is 28.7. The van der Waals surface area contributed by atoms with Crippen molar-refractivity contribution in [2.75, 3.05) is 6.61 Å². The lowest BCUT2D eigenvalue weighted by molar-refractivity contribution is -0.291. The lowest BCUT2D eigenvalue weighted by Crippen LogP contribution is -2.63. The fourth-order valence-electron chi connectivity index (χ4n) is 10.9. The molecule has 2 saturated carbocycles. The number of Topliss-reactive ketones (excluding diaryl/α,β-unsaturated/α-hetero) is 3. The number of carbonyl (C=O) groups excluding carboxylic acids is 3. The van der Waals surface area contributed by atoms with Crippen LogP contribution in [0, 0.1) is 45.3 Å². The lowest BCUT2D eigenvalue weighted by Gasteiger charge is -2.63. The molecule has 14 unspecified atom stereocenters. The van der Waals surface area contributed by atoms with Gasteiger partial charge in [0.1, 0.15) is 36.3 Å². The van der Waals surface area contributed by atoms with Crippen LogP contribution in [0.3, 0.4) is 0 Å². The summed E-state index contributed by atoms with van der Waals surface area (Å²) in [4.78, 5) is 41.7. The molecule has 6 aliphatic rings. The molecule has 0 bridgehead atoms. The fraction of sp³-hybridized carbons (Fsp3) is 0.806. The summed E-state index contributed by atoms with van der Waals surface area (Å²) in [6, 6.07) is 0. The van der Waals surface area contributed by atoms with E-state index in [1.54, 1.807) is 19.9 Å². The topological polar surface area (TPSA) is 180 Å². The first-order valence-corrected chi connectivity index (χ1v) is 17.0. The third kappa shape index (κ3) is 4.74. The van der Waals surface area contributed by atoms with Gasteiger partial charge in [-0.15, -0.1) is 0 Å². The Kier molecular flexibility index (Phi) is 8.16. The largest absolute Gasteiger partial charge is 0.459 e. The normalized spacial score (nSPS) is 49.4. The second-order valence-electron chi connectivity index (χ2n) is 17.0. The molecular weight excluding hydrogens is 608 g/mol. The third-order valence-electron chi connectivity index (χ3n) is 13.6. The van der Waals surface area contributed by atoms with Crippen LogP contribution in [0.1, 0.15) is 81.1 Å². The second kappa shape index (κ2) is 11.0. The lowest BCUT2D eigenvalue weighted by atomic mass is 9.39. The van der Waals surface area contributed by atoms with E-state index < -0.39 is 82.7 Å². The molecule has 4 aliphatic carbocycles. The van der Waals surface area contributed by atoms with E-state index in [9.17, 15) is 39.9 Å². The zero-order chi connectivity index (χ0) is 34.8. The third-order valence-corrected chi connectivity index (χ3v) is 13.6. The van der Waals surface area contributed by atoms with Gasteiger partial charge in [0, 0.05) is 24.2 Å². The molecule has 2 saturated heterocycles. The SMILES string of the molecule is CC(C1OC(C)(C)CC1=O)C1C(O)CC2(C)C3CC=C4C(C=C(OC5OC(CO)C(O)C(O)C5O)C(=O)C4(C)C)C3(C)C(=O)CC12C. The molecule has 2 heterocycles. The molecule has 5 N–H and O–H groups in total. The number of ether oxygens (including phenoxy) is 3. The molecular formula is C36H52O11. The van der Waals surface area contributed by atoms with E-state index in [1.165, 1.54) is 0 Å². The molecule has 4 fully saturated rings. The van der Waals surface area contributed by atoms with Crippen LogP contribution in [-0.4, -0.2) is 98.0 Å². The highest BCUT2D eigenvalue weighted by Gasteiger charge is 2.73. The minimum atomic E-state index is -1.70. The van der Waals surface area contributed by atoms with E-state index >= 15 is 0 Å². The van der Waals surface area contributed by atoms with Gasteiger partial charge in [-0.05, 0) is 75.2 Å². The molecule has 0 aromatic rings. The van der Waals surface area contributed by atoms with Gasteiger partial charge >= 0.3 is 0 Å². The number of allylic oxidation sites excluding steroid dienone is 4. The van der Waals surface area contributed by atoms with Crippen molar-refractivity contribution in [2.24, 2.45) is 45.3 Å². The molecule has 14 atom stereocenters. The van der Waals surface area contributed by atoms with E-state index in [1.807, 2.05) is 27.7 Å². The van der Waals surface area contributed by atoms with Crippen molar-refractivity contribution in [2.45, 2.75) is 130 Å². The maximum absolute atomic E-state index is 14.7. The van der Waals surface area contributed by atoms with Crippen molar-refractivity contribution in [3.05, 3.63) is 23.5 Å². The van der Waals surface area contributed by atoms with Crippen LogP contribution in [0.15, 0.2) is 23.5 Å². The molecule has 0 spiro atoms. The smallest absolute Gasteiger partial charge is 0.229 e. The van der Waals surface area contributed by atoms with E-state index in [4.69, 9.17) is 14.2 Å². The summed E-state index contributed by atoms with van der Waals surface area (Å²) in [6.07, 6.45) is -3.94. The van der Waals surface area contributed by atoms with Crippen molar-refractivity contribution in [3.8, 4) is 0 Å². The maximum atomic E-state index is 14.7. The molecule has 0 aromatic heterocycles. The Balaban J connectivity index is 1.37. The Bertz CT molecular complexity index is 1410. The second-order valence-corrected chi connectivity index (χ2v) is 17.0. The highest BCUT2D eigenvalue weighted by Crippen LogP contribution is 2.73. The summed E-state index contributed by atoms with van der Waals surface area (Å²) in [7, 11) is 0. The predicted molar refractivity (Wildman–Crippen MR) is 167 cm³/mol. The van der Waals surface area contributed by atoms with Crippen molar-refractivity contribution in [3.63, 3.8) is 0 Å². The molecule has 0 radical (unpaired) electrons. The molecule has 0 aromatic carbocycles. The van der Waals surface area contributed by atoms with Crippen LogP contribution in [0.2, 0.25) is 0 Å². The first-order chi connectivity index (χ1) is 21.7. The maximum Gasteiger partial charge on any atom is 0.229 e. The number of ketones is 3. The quantitative estimate of drug-likeness (QED) is 0.272. The molecule has 11 heteroatoms. The monoisotopic (exact) mass is 660 g/mol. The summed E-state index contributed by atoms with van der Waals surface area (Å²) in [5, 5.41) is 52.7. The number of hydrogen-bond acceptors (Lipinski definition) is 11. The van der Waals surface area contributed by atoms with E-state index in [0.717, 1.165) is 5.57 Å². The Morgan fingerprint density at radius 1 is 0.936 bits per heavy atom. The van der Waals surface area contributed by atoms with Gasteiger partial charge in [-0.2, -0.15) is 0 Å². The summed E-state index contributed by atoms with van der Waals surface area (Å²) in [6.45, 7) is 14.9. The first kappa shape index (κ1) is 34.9. The molecule has 2 aliphatic heterocycles. The van der Waals surface area contributed by atoms with Crippen LogP contribution in [-0.2, 0) is 28.6 Å². The fourth-order valence-corrected chi connectivity index (χ4v) is 10.9. The van der Waals surface area contributed by atoms with Gasteiger partial charge in [-0.3, -0.25) is 14.4 Å². The van der Waals surface area contributed by atoms with Gasteiger partial charge < -0.3 is 39.7 Å². The van der Waals surface area contributed by atoms with Crippen LogP contribution in [0.4, 0.5) is 0 Å². The van der Waals surface area contributed by atoms with Gasteiger partial charge in [0.2, 0.25) is 12.1 Å². The summed E-state index contributed by atoms with van der Waals surface area (Å²) >= 11 is 0. The van der Waals surface area contributed by atoms with E-state index in [0.29, 0.717) is 19.3 Å². The molecule has 262 valence electrons. The van der Waals surface area contributed by atoms with Crippen molar-refractivity contribution >= 4 is 17.3 Å². The number of fused-ring (bicyclic) bond motifs is 5. The number of aliphatic hydroxyl groups is 5. The van der Waals surface area contributed by atoms with Gasteiger partial charge in [0.25, 0.3) is 0 Å². The standard InChI is InChI=1S/C36H52O11/c1-16(29-20(39)12-32(2,3)47-29)25-19(38)13-34(6)23-10-9-17-18(36(23,8)24(40)14-35(25,34)7)11-21(30(44)33(17,4)5)45-31-28(43)27(42)26(41)22(15-37)46-31/h9,11,16,18-19,22-23,25-29,31,37-38,41-43H,10,12-15H2,1-8H3. The van der Waals surface area contributed by atoms with Crippen LogP contribution < -0.4 is 0 Å². The Hall–Kier alpha value is -1.99. The molecule has 11 nitrogen and oxygen atoms in total. The number of hydrogen-bond donors (Lipinski definition) is 5. The van der Waals surface area contributed by atoms with Gasteiger partial charge in [0.15, 0.2) is 11.5 Å².